The van der Waals surface area contributed by atoms with Crippen molar-refractivity contribution in [1.82, 2.24) is 20.6 Å². The van der Waals surface area contributed by atoms with Gasteiger partial charge in [0.1, 0.15) is 0 Å². The van der Waals surface area contributed by atoms with Gasteiger partial charge in [0.05, 0.1) is 23.1 Å². The van der Waals surface area contributed by atoms with E-state index < -0.39 is 0 Å². The van der Waals surface area contributed by atoms with Crippen LogP contribution in [0.3, 0.4) is 0 Å². The molecule has 0 spiro atoms. The van der Waals surface area contributed by atoms with Gasteiger partial charge in [-0.15, -0.1) is 0 Å². The first-order chi connectivity index (χ1) is 13.0. The number of anilines is 1. The average molecular weight is 369 g/mol. The molecule has 27 heavy (non-hydrogen) atoms. The number of amides is 2. The summed E-state index contributed by atoms with van der Waals surface area (Å²) in [7, 11) is 1.58. The minimum atomic E-state index is -0.117. The summed E-state index contributed by atoms with van der Waals surface area (Å²) in [5, 5.41) is 6.72. The van der Waals surface area contributed by atoms with Gasteiger partial charge in [-0.05, 0) is 31.4 Å². The Bertz CT molecular complexity index is 838. The number of aryl methyl sites for hydroxylation is 1. The van der Waals surface area contributed by atoms with Crippen LogP contribution in [0.4, 0.5) is 5.69 Å². The monoisotopic (exact) mass is 369 g/mol. The van der Waals surface area contributed by atoms with E-state index in [0.29, 0.717) is 5.92 Å². The maximum absolute atomic E-state index is 12.2. The molecular weight excluding hydrogens is 342 g/mol. The molecule has 1 aliphatic rings. The first-order valence-corrected chi connectivity index (χ1v) is 9.43. The van der Waals surface area contributed by atoms with E-state index in [1.165, 1.54) is 0 Å². The average Bonchev–Trinajstić information content (AvgIpc) is 2.66. The highest BCUT2D eigenvalue weighted by Gasteiger charge is 2.27. The van der Waals surface area contributed by atoms with Crippen LogP contribution in [0, 0.1) is 12.8 Å². The second-order valence-corrected chi connectivity index (χ2v) is 7.31. The largest absolute Gasteiger partial charge is 0.367 e. The fraction of sp³-hybridized carbons (Fsp3) is 0.500. The minimum Gasteiger partial charge on any atom is -0.367 e. The number of piperidine rings is 1. The maximum atomic E-state index is 12.2. The molecule has 0 aromatic carbocycles. The first kappa shape index (κ1) is 19.1. The van der Waals surface area contributed by atoms with Gasteiger partial charge in [0.2, 0.25) is 11.8 Å². The third-order valence-electron chi connectivity index (χ3n) is 5.03. The van der Waals surface area contributed by atoms with Crippen LogP contribution in [0.25, 0.3) is 10.9 Å². The lowest BCUT2D eigenvalue weighted by molar-refractivity contribution is -0.126. The highest BCUT2D eigenvalue weighted by atomic mass is 16.2. The van der Waals surface area contributed by atoms with Crippen LogP contribution >= 0.6 is 0 Å². The molecule has 2 amide bonds. The highest BCUT2D eigenvalue weighted by Crippen LogP contribution is 2.30. The SMILES string of the molecule is CNC(=O)CCC(=O)NC1CC(C)CN(c2cnc(C)c3ncccc23)C1. The zero-order valence-electron chi connectivity index (χ0n) is 16.2. The molecule has 0 aliphatic carbocycles. The molecular formula is C20H27N5O2. The Morgan fingerprint density at radius 1 is 1.22 bits per heavy atom. The standard InChI is InChI=1S/C20H27N5O2/c1-13-9-15(24-19(27)7-6-18(26)21-3)12-25(11-13)17-10-23-14(2)20-16(17)5-4-8-22-20/h4-5,8,10,13,15H,6-7,9,11-12H2,1-3H3,(H,21,26)(H,24,27). The Hall–Kier alpha value is -2.70. The summed E-state index contributed by atoms with van der Waals surface area (Å²) >= 11 is 0. The van der Waals surface area contributed by atoms with Gasteiger partial charge in [-0.2, -0.15) is 0 Å². The molecule has 3 heterocycles. The predicted octanol–water partition coefficient (Wildman–Crippen LogP) is 1.80. The summed E-state index contributed by atoms with van der Waals surface area (Å²) < 4.78 is 0. The summed E-state index contributed by atoms with van der Waals surface area (Å²) in [6, 6.07) is 4.07. The van der Waals surface area contributed by atoms with Gasteiger partial charge < -0.3 is 15.5 Å². The molecule has 1 fully saturated rings. The number of hydrogen-bond donors (Lipinski definition) is 2. The number of rotatable bonds is 5. The van der Waals surface area contributed by atoms with Crippen molar-refractivity contribution in [1.29, 1.82) is 0 Å². The summed E-state index contributed by atoms with van der Waals surface area (Å²) in [6.45, 7) is 5.80. The van der Waals surface area contributed by atoms with Gasteiger partial charge >= 0.3 is 0 Å². The number of aromatic nitrogens is 2. The van der Waals surface area contributed by atoms with Crippen LogP contribution in [0.2, 0.25) is 0 Å². The van der Waals surface area contributed by atoms with Gasteiger partial charge in [0, 0.05) is 50.6 Å². The van der Waals surface area contributed by atoms with Crippen molar-refractivity contribution in [3.05, 3.63) is 30.2 Å². The fourth-order valence-electron chi connectivity index (χ4n) is 3.75. The van der Waals surface area contributed by atoms with Crippen LogP contribution in [-0.2, 0) is 9.59 Å². The molecule has 1 saturated heterocycles. The number of hydrogen-bond acceptors (Lipinski definition) is 5. The highest BCUT2D eigenvalue weighted by molar-refractivity contribution is 5.92. The zero-order valence-corrected chi connectivity index (χ0v) is 16.2. The van der Waals surface area contributed by atoms with Crippen molar-refractivity contribution in [3.8, 4) is 0 Å². The van der Waals surface area contributed by atoms with Crippen LogP contribution in [0.1, 0.15) is 31.9 Å². The van der Waals surface area contributed by atoms with Gasteiger partial charge in [-0.25, -0.2) is 0 Å². The number of nitrogens with zero attached hydrogens (tertiary/aromatic N) is 3. The van der Waals surface area contributed by atoms with Crippen molar-refractivity contribution in [2.45, 2.75) is 39.2 Å². The Labute approximate surface area is 159 Å². The molecule has 0 bridgehead atoms. The molecule has 2 aromatic rings. The van der Waals surface area contributed by atoms with E-state index in [0.717, 1.165) is 41.8 Å². The van der Waals surface area contributed by atoms with Crippen LogP contribution in [0.15, 0.2) is 24.5 Å². The van der Waals surface area contributed by atoms with E-state index in [1.807, 2.05) is 19.2 Å². The second-order valence-electron chi connectivity index (χ2n) is 7.31. The molecule has 2 unspecified atom stereocenters. The molecule has 2 N–H and O–H groups in total. The van der Waals surface area contributed by atoms with Crippen LogP contribution in [-0.4, -0.2) is 48.0 Å². The van der Waals surface area contributed by atoms with E-state index in [-0.39, 0.29) is 30.7 Å². The van der Waals surface area contributed by atoms with E-state index in [4.69, 9.17) is 0 Å². The summed E-state index contributed by atoms with van der Waals surface area (Å²) in [4.78, 5) is 34.8. The normalized spacial score (nSPS) is 19.7. The molecule has 3 rings (SSSR count). The maximum Gasteiger partial charge on any atom is 0.220 e. The van der Waals surface area contributed by atoms with E-state index >= 15 is 0 Å². The molecule has 2 atom stereocenters. The van der Waals surface area contributed by atoms with Crippen molar-refractivity contribution in [2.75, 3.05) is 25.0 Å². The summed E-state index contributed by atoms with van der Waals surface area (Å²) in [5.74, 6) is 0.246. The van der Waals surface area contributed by atoms with Crippen LogP contribution < -0.4 is 15.5 Å². The Morgan fingerprint density at radius 3 is 2.78 bits per heavy atom. The van der Waals surface area contributed by atoms with E-state index in [9.17, 15) is 9.59 Å². The van der Waals surface area contributed by atoms with Gasteiger partial charge in [0.15, 0.2) is 0 Å². The van der Waals surface area contributed by atoms with Gasteiger partial charge in [-0.3, -0.25) is 19.6 Å². The lowest BCUT2D eigenvalue weighted by Crippen LogP contribution is -2.50. The quantitative estimate of drug-likeness (QED) is 0.839. The number of pyridine rings is 2. The number of carbonyl (C=O) groups excluding carboxylic acids is 2. The molecule has 1 aliphatic heterocycles. The topological polar surface area (TPSA) is 87.2 Å². The fourth-order valence-corrected chi connectivity index (χ4v) is 3.75. The molecule has 0 radical (unpaired) electrons. The van der Waals surface area contributed by atoms with Crippen molar-refractivity contribution in [3.63, 3.8) is 0 Å². The third-order valence-corrected chi connectivity index (χ3v) is 5.03. The van der Waals surface area contributed by atoms with Gasteiger partial charge in [-0.1, -0.05) is 6.92 Å². The molecule has 144 valence electrons. The molecule has 7 nitrogen and oxygen atoms in total. The van der Waals surface area contributed by atoms with E-state index in [2.05, 4.69) is 38.5 Å². The van der Waals surface area contributed by atoms with Crippen molar-refractivity contribution in [2.24, 2.45) is 5.92 Å². The zero-order chi connectivity index (χ0) is 19.4. The molecule has 7 heteroatoms. The predicted molar refractivity (Wildman–Crippen MR) is 106 cm³/mol. The Kier molecular flexibility index (Phi) is 5.88. The van der Waals surface area contributed by atoms with Crippen molar-refractivity contribution >= 4 is 28.4 Å². The van der Waals surface area contributed by atoms with E-state index in [1.54, 1.807) is 13.2 Å². The number of nitrogens with one attached hydrogen (secondary N) is 2. The summed E-state index contributed by atoms with van der Waals surface area (Å²) in [5.41, 5.74) is 2.89. The van der Waals surface area contributed by atoms with Crippen LogP contribution in [0.5, 0.6) is 0 Å². The minimum absolute atomic E-state index is 0.0546. The molecule has 2 aromatic heterocycles. The second kappa shape index (κ2) is 8.33. The lowest BCUT2D eigenvalue weighted by Gasteiger charge is -2.38. The van der Waals surface area contributed by atoms with Gasteiger partial charge in [0.25, 0.3) is 0 Å². The van der Waals surface area contributed by atoms with Crippen molar-refractivity contribution < 1.29 is 9.59 Å². The first-order valence-electron chi connectivity index (χ1n) is 9.43. The Morgan fingerprint density at radius 2 is 2.00 bits per heavy atom. The smallest absolute Gasteiger partial charge is 0.220 e. The number of fused-ring (bicyclic) bond motifs is 1. The third kappa shape index (κ3) is 4.53. The lowest BCUT2D eigenvalue weighted by atomic mass is 9.95. The Balaban J connectivity index is 1.73. The molecule has 0 saturated carbocycles. The number of carbonyl (C=O) groups is 2. The summed E-state index contributed by atoms with van der Waals surface area (Å²) in [6.07, 6.45) is 5.05.